The van der Waals surface area contributed by atoms with Crippen molar-refractivity contribution in [1.82, 2.24) is 10.1 Å². The van der Waals surface area contributed by atoms with E-state index >= 15 is 0 Å². The number of rotatable bonds is 3. The first-order chi connectivity index (χ1) is 13.0. The zero-order valence-corrected chi connectivity index (χ0v) is 14.9. The van der Waals surface area contributed by atoms with Crippen molar-refractivity contribution in [3.8, 4) is 11.3 Å². The lowest BCUT2D eigenvalue weighted by atomic mass is 9.98. The second-order valence-electron chi connectivity index (χ2n) is 6.70. The Morgan fingerprint density at radius 2 is 1.89 bits per heavy atom. The molecule has 2 aromatic carbocycles. The Labute approximate surface area is 156 Å². The van der Waals surface area contributed by atoms with Gasteiger partial charge in [-0.1, -0.05) is 29.4 Å². The average molecular weight is 366 g/mol. The SMILES string of the molecule is C[C@H](O)c1onc(-c2ccc(F)cc2)c1C(=O)N1CCc2ccccc2C1. The van der Waals surface area contributed by atoms with Gasteiger partial charge in [-0.15, -0.1) is 0 Å². The van der Waals surface area contributed by atoms with E-state index in [2.05, 4.69) is 11.2 Å². The van der Waals surface area contributed by atoms with Crippen molar-refractivity contribution in [2.45, 2.75) is 26.0 Å². The molecule has 0 spiro atoms. The number of aromatic nitrogens is 1. The molecule has 1 aliphatic rings. The highest BCUT2D eigenvalue weighted by molar-refractivity contribution is 6.01. The Morgan fingerprint density at radius 3 is 2.59 bits per heavy atom. The molecule has 138 valence electrons. The van der Waals surface area contributed by atoms with Gasteiger partial charge in [0.1, 0.15) is 23.2 Å². The van der Waals surface area contributed by atoms with Crippen molar-refractivity contribution in [1.29, 1.82) is 0 Å². The van der Waals surface area contributed by atoms with Crippen molar-refractivity contribution < 1.29 is 18.8 Å². The van der Waals surface area contributed by atoms with Gasteiger partial charge in [-0.25, -0.2) is 4.39 Å². The summed E-state index contributed by atoms with van der Waals surface area (Å²) in [4.78, 5) is 15.0. The van der Waals surface area contributed by atoms with Gasteiger partial charge in [0.05, 0.1) is 0 Å². The van der Waals surface area contributed by atoms with Crippen molar-refractivity contribution in [2.24, 2.45) is 0 Å². The zero-order valence-electron chi connectivity index (χ0n) is 14.9. The molecule has 0 fully saturated rings. The third-order valence-corrected chi connectivity index (χ3v) is 4.85. The predicted molar refractivity (Wildman–Crippen MR) is 97.4 cm³/mol. The third kappa shape index (κ3) is 3.24. The smallest absolute Gasteiger partial charge is 0.260 e. The van der Waals surface area contributed by atoms with Gasteiger partial charge in [-0.2, -0.15) is 0 Å². The summed E-state index contributed by atoms with van der Waals surface area (Å²) in [6, 6.07) is 13.7. The van der Waals surface area contributed by atoms with Gasteiger partial charge in [0.15, 0.2) is 5.76 Å². The molecule has 0 saturated heterocycles. The Bertz CT molecular complexity index is 979. The molecule has 6 heteroatoms. The molecule has 3 aromatic rings. The van der Waals surface area contributed by atoms with E-state index < -0.39 is 6.10 Å². The molecule has 1 aromatic heterocycles. The lowest BCUT2D eigenvalue weighted by molar-refractivity contribution is 0.0723. The molecule has 0 radical (unpaired) electrons. The summed E-state index contributed by atoms with van der Waals surface area (Å²) in [7, 11) is 0. The van der Waals surface area contributed by atoms with E-state index in [1.807, 2.05) is 18.2 Å². The van der Waals surface area contributed by atoms with Crippen LogP contribution in [0.5, 0.6) is 0 Å². The van der Waals surface area contributed by atoms with Crippen LogP contribution >= 0.6 is 0 Å². The van der Waals surface area contributed by atoms with Crippen LogP contribution in [0.4, 0.5) is 4.39 Å². The van der Waals surface area contributed by atoms with Crippen LogP contribution in [0.3, 0.4) is 0 Å². The van der Waals surface area contributed by atoms with Gasteiger partial charge in [0.2, 0.25) is 0 Å². The Morgan fingerprint density at radius 1 is 1.19 bits per heavy atom. The maximum absolute atomic E-state index is 13.3. The first kappa shape index (κ1) is 17.4. The predicted octanol–water partition coefficient (Wildman–Crippen LogP) is 3.73. The number of nitrogens with zero attached hydrogens (tertiary/aromatic N) is 2. The summed E-state index contributed by atoms with van der Waals surface area (Å²) in [5.41, 5.74) is 3.45. The quantitative estimate of drug-likeness (QED) is 0.767. The number of hydrogen-bond acceptors (Lipinski definition) is 4. The molecule has 0 aliphatic carbocycles. The summed E-state index contributed by atoms with van der Waals surface area (Å²) < 4.78 is 18.5. The highest BCUT2D eigenvalue weighted by Gasteiger charge is 2.31. The number of hydrogen-bond donors (Lipinski definition) is 1. The first-order valence-electron chi connectivity index (χ1n) is 8.84. The molecule has 0 unspecified atom stereocenters. The second kappa shape index (κ2) is 6.96. The second-order valence-corrected chi connectivity index (χ2v) is 6.70. The van der Waals surface area contributed by atoms with Crippen molar-refractivity contribution in [3.05, 3.63) is 76.8 Å². The summed E-state index contributed by atoms with van der Waals surface area (Å²) in [5, 5.41) is 14.0. The van der Waals surface area contributed by atoms with Gasteiger partial charge in [-0.05, 0) is 48.7 Å². The lowest BCUT2D eigenvalue weighted by Crippen LogP contribution is -2.36. The zero-order chi connectivity index (χ0) is 19.0. The molecular weight excluding hydrogens is 347 g/mol. The van der Waals surface area contributed by atoms with E-state index in [1.165, 1.54) is 24.6 Å². The molecule has 27 heavy (non-hydrogen) atoms. The van der Waals surface area contributed by atoms with Crippen LogP contribution in [0.2, 0.25) is 0 Å². The van der Waals surface area contributed by atoms with E-state index in [4.69, 9.17) is 4.52 Å². The number of halogens is 1. The molecular formula is C21H19FN2O3. The van der Waals surface area contributed by atoms with Crippen LogP contribution in [0.25, 0.3) is 11.3 Å². The fraction of sp³-hybridized carbons (Fsp3) is 0.238. The van der Waals surface area contributed by atoms with Crippen LogP contribution < -0.4 is 0 Å². The number of fused-ring (bicyclic) bond motifs is 1. The third-order valence-electron chi connectivity index (χ3n) is 4.85. The fourth-order valence-corrected chi connectivity index (χ4v) is 3.43. The number of carbonyl (C=O) groups is 1. The van der Waals surface area contributed by atoms with Crippen LogP contribution in [-0.4, -0.2) is 27.6 Å². The fourth-order valence-electron chi connectivity index (χ4n) is 3.43. The van der Waals surface area contributed by atoms with E-state index in [0.717, 1.165) is 12.0 Å². The van der Waals surface area contributed by atoms with E-state index in [1.54, 1.807) is 17.0 Å². The van der Waals surface area contributed by atoms with Crippen LogP contribution in [0, 0.1) is 5.82 Å². The van der Waals surface area contributed by atoms with E-state index in [9.17, 15) is 14.3 Å². The summed E-state index contributed by atoms with van der Waals surface area (Å²) in [6.45, 7) is 2.59. The monoisotopic (exact) mass is 366 g/mol. The highest BCUT2D eigenvalue weighted by atomic mass is 19.1. The summed E-state index contributed by atoms with van der Waals surface area (Å²) >= 11 is 0. The van der Waals surface area contributed by atoms with Gasteiger partial charge < -0.3 is 14.5 Å². The molecule has 1 amide bonds. The molecule has 4 rings (SSSR count). The number of aliphatic hydroxyl groups excluding tert-OH is 1. The van der Waals surface area contributed by atoms with E-state index in [0.29, 0.717) is 24.3 Å². The average Bonchev–Trinajstić information content (AvgIpc) is 3.13. The Balaban J connectivity index is 1.73. The van der Waals surface area contributed by atoms with Crippen molar-refractivity contribution in [3.63, 3.8) is 0 Å². The van der Waals surface area contributed by atoms with Gasteiger partial charge in [0.25, 0.3) is 5.91 Å². The topological polar surface area (TPSA) is 66.6 Å². The number of benzene rings is 2. The molecule has 1 N–H and O–H groups in total. The van der Waals surface area contributed by atoms with Crippen LogP contribution in [0.1, 0.15) is 40.3 Å². The van der Waals surface area contributed by atoms with Crippen LogP contribution in [-0.2, 0) is 13.0 Å². The maximum Gasteiger partial charge on any atom is 0.260 e. The molecule has 2 heterocycles. The van der Waals surface area contributed by atoms with Crippen molar-refractivity contribution >= 4 is 5.91 Å². The Kier molecular flexibility index (Phi) is 4.49. The van der Waals surface area contributed by atoms with Gasteiger partial charge >= 0.3 is 0 Å². The number of amides is 1. The molecule has 0 bridgehead atoms. The minimum atomic E-state index is -0.984. The standard InChI is InChI=1S/C21H19FN2O3/c1-13(25)20-18(19(23-27-20)15-6-8-17(22)9-7-15)21(26)24-11-10-14-4-2-3-5-16(14)12-24/h2-9,13,25H,10-12H2,1H3/t13-/m0/s1. The number of carbonyl (C=O) groups excluding carboxylic acids is 1. The van der Waals surface area contributed by atoms with Gasteiger partial charge in [-0.3, -0.25) is 4.79 Å². The maximum atomic E-state index is 13.3. The van der Waals surface area contributed by atoms with Crippen LogP contribution in [0.15, 0.2) is 53.1 Å². The van der Waals surface area contributed by atoms with E-state index in [-0.39, 0.29) is 23.0 Å². The molecule has 1 aliphatic heterocycles. The highest BCUT2D eigenvalue weighted by Crippen LogP contribution is 2.31. The minimum Gasteiger partial charge on any atom is -0.385 e. The summed E-state index contributed by atoms with van der Waals surface area (Å²) in [6.07, 6.45) is -0.217. The van der Waals surface area contributed by atoms with Gasteiger partial charge in [0, 0.05) is 18.7 Å². The minimum absolute atomic E-state index is 0.123. The largest absolute Gasteiger partial charge is 0.385 e. The first-order valence-corrected chi connectivity index (χ1v) is 8.84. The molecule has 5 nitrogen and oxygen atoms in total. The number of aliphatic hydroxyl groups is 1. The van der Waals surface area contributed by atoms with Crippen molar-refractivity contribution in [2.75, 3.05) is 6.54 Å². The molecule has 0 saturated carbocycles. The molecule has 1 atom stereocenters. The lowest BCUT2D eigenvalue weighted by Gasteiger charge is -2.29. The normalized spacial score (nSPS) is 14.7. The Hall–Kier alpha value is -2.99. The summed E-state index contributed by atoms with van der Waals surface area (Å²) in [5.74, 6) is -0.502.